The third-order valence-corrected chi connectivity index (χ3v) is 8.40. The highest BCUT2D eigenvalue weighted by atomic mass is 32.2. The first-order chi connectivity index (χ1) is 19.2. The number of carbonyl (C=O) groups excluding carboxylic acids is 2. The molecular formula is C23H27N10O5S2+. The predicted molar refractivity (Wildman–Crippen MR) is 146 cm³/mol. The Labute approximate surface area is 236 Å². The quantitative estimate of drug-likeness (QED) is 0.107. The average molecular weight is 588 g/mol. The highest BCUT2D eigenvalue weighted by molar-refractivity contribution is 8.00. The number of nitrogens with two attached hydrogens (primary N) is 2. The minimum Gasteiger partial charge on any atom is -0.477 e. The fraction of sp³-hybridized carbons (Fsp3) is 0.391. The number of anilines is 2. The number of aliphatic carboxylic acids is 1. The van der Waals surface area contributed by atoms with Crippen LogP contribution in [0.15, 0.2) is 41.0 Å². The molecule has 1 saturated heterocycles. The van der Waals surface area contributed by atoms with E-state index in [4.69, 9.17) is 16.3 Å². The average Bonchev–Trinajstić information content (AvgIpc) is 3.54. The number of nitrogens with zero attached hydrogens (tertiary/aromatic N) is 7. The van der Waals surface area contributed by atoms with Crippen LogP contribution in [0, 0.1) is 0 Å². The Morgan fingerprint density at radius 1 is 1.32 bits per heavy atom. The summed E-state index contributed by atoms with van der Waals surface area (Å²) in [5.41, 5.74) is 12.4. The number of nitrogens with one attached hydrogen (secondary N) is 1. The molecular weight excluding hydrogens is 560 g/mol. The van der Waals surface area contributed by atoms with Crippen LogP contribution in [0.1, 0.15) is 32.5 Å². The Kier molecular flexibility index (Phi) is 7.57. The van der Waals surface area contributed by atoms with E-state index < -0.39 is 29.2 Å². The number of amides is 2. The van der Waals surface area contributed by atoms with Crippen molar-refractivity contribution in [2.75, 3.05) is 17.2 Å². The summed E-state index contributed by atoms with van der Waals surface area (Å²) in [6, 6.07) is 2.45. The minimum absolute atomic E-state index is 0.0210. The molecule has 6 N–H and O–H groups in total. The molecule has 17 heteroatoms. The van der Waals surface area contributed by atoms with Crippen molar-refractivity contribution >= 4 is 63.4 Å². The highest BCUT2D eigenvalue weighted by Gasteiger charge is 2.54. The number of nitrogen functional groups attached to an aromatic ring is 2. The van der Waals surface area contributed by atoms with E-state index in [2.05, 4.69) is 24.9 Å². The van der Waals surface area contributed by atoms with Crippen LogP contribution in [0.2, 0.25) is 0 Å². The largest absolute Gasteiger partial charge is 0.477 e. The van der Waals surface area contributed by atoms with E-state index in [9.17, 15) is 19.5 Å². The maximum atomic E-state index is 13.2. The molecule has 210 valence electrons. The van der Waals surface area contributed by atoms with Crippen LogP contribution < -0.4 is 21.4 Å². The number of oxime groups is 1. The van der Waals surface area contributed by atoms with E-state index in [0.29, 0.717) is 35.6 Å². The van der Waals surface area contributed by atoms with Crippen molar-refractivity contribution in [2.24, 2.45) is 5.16 Å². The van der Waals surface area contributed by atoms with E-state index in [-0.39, 0.29) is 35.0 Å². The second-order valence-electron chi connectivity index (χ2n) is 9.05. The molecule has 0 bridgehead atoms. The molecule has 2 amide bonds. The van der Waals surface area contributed by atoms with Crippen LogP contribution in [0.5, 0.6) is 0 Å². The van der Waals surface area contributed by atoms with Gasteiger partial charge in [-0.3, -0.25) is 14.5 Å². The number of carbonyl (C=O) groups is 3. The van der Waals surface area contributed by atoms with Gasteiger partial charge in [-0.1, -0.05) is 28.6 Å². The molecule has 0 radical (unpaired) electrons. The molecule has 5 heterocycles. The number of carboxylic acid groups (broad SMARTS) is 1. The molecule has 5 rings (SSSR count). The van der Waals surface area contributed by atoms with Crippen LogP contribution in [-0.4, -0.2) is 75.7 Å². The summed E-state index contributed by atoms with van der Waals surface area (Å²) in [6.45, 7) is 4.08. The minimum atomic E-state index is -1.23. The number of rotatable bonds is 10. The number of carboxylic acids is 1. The van der Waals surface area contributed by atoms with Gasteiger partial charge in [0.1, 0.15) is 36.0 Å². The number of β-lactam (4-membered cyclic amide) rings is 1. The van der Waals surface area contributed by atoms with Crippen molar-refractivity contribution in [1.29, 1.82) is 0 Å². The van der Waals surface area contributed by atoms with Crippen LogP contribution in [0.4, 0.5) is 10.9 Å². The van der Waals surface area contributed by atoms with E-state index >= 15 is 0 Å². The molecule has 15 nitrogen and oxygen atoms in total. The molecule has 0 spiro atoms. The molecule has 3 aromatic heterocycles. The lowest BCUT2D eigenvalue weighted by Gasteiger charge is -2.49. The van der Waals surface area contributed by atoms with Crippen molar-refractivity contribution in [3.05, 3.63) is 41.6 Å². The van der Waals surface area contributed by atoms with Gasteiger partial charge in [-0.2, -0.15) is 9.36 Å². The molecule has 1 fully saturated rings. The standard InChI is InChI=1S/C23H26N10O5S2/c1-3-12(4-2)38-29-15(18-27-23(25)40-30-18)19(34)26-16-20(35)33-17(22(36)37)11(10-39-21(16)33)9-31-7-8-32-14(31)6-5-13(24)28-32/h5-8,12,16,21H,3-4,9-10H2,1-2H3,(H5-,24,25,26,27,28,30,34,36,37)/p+1/b29-15-/t16-,21-/m1/s1. The van der Waals surface area contributed by atoms with Gasteiger partial charge in [0, 0.05) is 28.9 Å². The number of hydrogen-bond donors (Lipinski definition) is 4. The molecule has 40 heavy (non-hydrogen) atoms. The van der Waals surface area contributed by atoms with E-state index in [1.807, 2.05) is 18.4 Å². The van der Waals surface area contributed by atoms with Crippen molar-refractivity contribution in [3.8, 4) is 0 Å². The van der Waals surface area contributed by atoms with Gasteiger partial charge in [-0.15, -0.1) is 11.8 Å². The first-order valence-corrected chi connectivity index (χ1v) is 14.2. The lowest BCUT2D eigenvalue weighted by atomic mass is 10.0. The fourth-order valence-electron chi connectivity index (χ4n) is 4.44. The smallest absolute Gasteiger partial charge is 0.352 e. The third kappa shape index (κ3) is 5.04. The van der Waals surface area contributed by atoms with Gasteiger partial charge >= 0.3 is 11.6 Å². The van der Waals surface area contributed by atoms with Crippen LogP contribution in [0.25, 0.3) is 5.65 Å². The molecule has 0 aliphatic carbocycles. The van der Waals surface area contributed by atoms with Crippen molar-refractivity contribution < 1.29 is 28.9 Å². The Morgan fingerprint density at radius 3 is 2.77 bits per heavy atom. The molecule has 2 aliphatic heterocycles. The molecule has 0 saturated carbocycles. The van der Waals surface area contributed by atoms with Gasteiger partial charge < -0.3 is 26.7 Å². The maximum absolute atomic E-state index is 13.2. The lowest BCUT2D eigenvalue weighted by molar-refractivity contribution is -0.662. The fourth-order valence-corrected chi connectivity index (χ4v) is 6.21. The van der Waals surface area contributed by atoms with Gasteiger partial charge in [0.05, 0.1) is 0 Å². The Morgan fingerprint density at radius 2 is 2.10 bits per heavy atom. The van der Waals surface area contributed by atoms with Gasteiger partial charge in [0.15, 0.2) is 17.1 Å². The normalized spacial score (nSPS) is 19.1. The first-order valence-electron chi connectivity index (χ1n) is 12.4. The van der Waals surface area contributed by atoms with Crippen molar-refractivity contribution in [2.45, 2.75) is 50.8 Å². The van der Waals surface area contributed by atoms with Gasteiger partial charge in [0.2, 0.25) is 11.5 Å². The summed E-state index contributed by atoms with van der Waals surface area (Å²) in [6.07, 6.45) is 4.59. The first kappa shape index (κ1) is 27.3. The Bertz CT molecular complexity index is 1550. The SMILES string of the molecule is CCC(CC)O/N=C(\C(=O)N[C@@H]1C(=O)N2C(C(=O)O)=C(C[n+]3ccn4nc(N)ccc43)CS[C@H]12)c1nsc(N)n1. The second-order valence-corrected chi connectivity index (χ2v) is 10.9. The lowest BCUT2D eigenvalue weighted by Crippen LogP contribution is -2.71. The zero-order valence-electron chi connectivity index (χ0n) is 21.6. The zero-order chi connectivity index (χ0) is 28.6. The summed E-state index contributed by atoms with van der Waals surface area (Å²) in [4.78, 5) is 49.5. The van der Waals surface area contributed by atoms with Crippen LogP contribution >= 0.6 is 23.3 Å². The van der Waals surface area contributed by atoms with Crippen LogP contribution in [-0.2, 0) is 25.8 Å². The number of hydrogen-bond acceptors (Lipinski definition) is 12. The van der Waals surface area contributed by atoms with Crippen molar-refractivity contribution in [3.63, 3.8) is 0 Å². The number of fused-ring (bicyclic) bond motifs is 2. The summed E-state index contributed by atoms with van der Waals surface area (Å²) in [7, 11) is 0. The second kappa shape index (κ2) is 11.1. The summed E-state index contributed by atoms with van der Waals surface area (Å²) in [5, 5.41) is 20.4. The molecule has 0 unspecified atom stereocenters. The zero-order valence-corrected chi connectivity index (χ0v) is 23.2. The number of aromatic nitrogens is 5. The molecule has 3 aromatic rings. The van der Waals surface area contributed by atoms with E-state index in [1.165, 1.54) is 16.7 Å². The predicted octanol–water partition coefficient (Wildman–Crippen LogP) is -0.0142. The van der Waals surface area contributed by atoms with Crippen LogP contribution in [0.3, 0.4) is 0 Å². The summed E-state index contributed by atoms with van der Waals surface area (Å²) < 4.78 is 7.47. The Balaban J connectivity index is 1.36. The van der Waals surface area contributed by atoms with Gasteiger partial charge in [0.25, 0.3) is 11.8 Å². The van der Waals surface area contributed by atoms with E-state index in [0.717, 1.165) is 11.5 Å². The van der Waals surface area contributed by atoms with Crippen molar-refractivity contribution in [1.82, 2.24) is 29.2 Å². The number of imidazole rings is 1. The highest BCUT2D eigenvalue weighted by Crippen LogP contribution is 2.40. The molecule has 2 aliphatic rings. The third-order valence-electron chi connectivity index (χ3n) is 6.51. The number of thioether (sulfide) groups is 1. The van der Waals surface area contributed by atoms with E-state index in [1.54, 1.807) is 29.0 Å². The monoisotopic (exact) mass is 587 g/mol. The summed E-state index contributed by atoms with van der Waals surface area (Å²) >= 11 is 2.25. The summed E-state index contributed by atoms with van der Waals surface area (Å²) in [5.74, 6) is -1.84. The maximum Gasteiger partial charge on any atom is 0.352 e. The molecule has 0 aromatic carbocycles. The molecule has 2 atom stereocenters. The topological polar surface area (TPSA) is 207 Å². The van der Waals surface area contributed by atoms with Gasteiger partial charge in [-0.25, -0.2) is 9.36 Å². The Hall–Kier alpha value is -4.25. The van der Waals surface area contributed by atoms with Gasteiger partial charge in [-0.05, 0) is 18.9 Å².